The fourth-order valence-corrected chi connectivity index (χ4v) is 3.18. The molecule has 2 aromatic rings. The van der Waals surface area contributed by atoms with Crippen LogP contribution in [0.2, 0.25) is 0 Å². The van der Waals surface area contributed by atoms with Crippen LogP contribution in [0.1, 0.15) is 60.9 Å². The van der Waals surface area contributed by atoms with E-state index in [-0.39, 0.29) is 17.3 Å². The van der Waals surface area contributed by atoms with Crippen molar-refractivity contribution < 1.29 is 9.53 Å². The van der Waals surface area contributed by atoms with Crippen LogP contribution in [0, 0.1) is 13.8 Å². The van der Waals surface area contributed by atoms with E-state index < -0.39 is 0 Å². The highest BCUT2D eigenvalue weighted by atomic mass is 16.5. The van der Waals surface area contributed by atoms with E-state index in [0.29, 0.717) is 0 Å². The zero-order valence-electron chi connectivity index (χ0n) is 14.6. The number of ether oxygens (including phenoxy) is 1. The fraction of sp³-hybridized carbons (Fsp3) is 0.381. The molecule has 2 aromatic carbocycles. The highest BCUT2D eigenvalue weighted by Gasteiger charge is 2.38. The molecule has 0 N–H and O–H groups in total. The van der Waals surface area contributed by atoms with Gasteiger partial charge in [0.1, 0.15) is 11.7 Å². The van der Waals surface area contributed by atoms with Gasteiger partial charge in [0.25, 0.3) is 0 Å². The normalized spacial score (nSPS) is 17.1. The molecule has 0 saturated heterocycles. The predicted molar refractivity (Wildman–Crippen MR) is 93.2 cm³/mol. The molecule has 120 valence electrons. The second kappa shape index (κ2) is 5.52. The van der Waals surface area contributed by atoms with E-state index in [9.17, 15) is 4.79 Å². The fourth-order valence-electron chi connectivity index (χ4n) is 3.18. The molecule has 0 bridgehead atoms. The lowest BCUT2D eigenvalue weighted by Gasteiger charge is -2.25. The molecular weight excluding hydrogens is 284 g/mol. The standard InChI is InChI=1S/C21H24O2/c1-6-21(4,5)17-12-14(3)11-16-18(20(22)23-19(16)17)15-9-7-13(2)8-10-15/h7-12,18H,6H2,1-5H3. The quantitative estimate of drug-likeness (QED) is 0.586. The van der Waals surface area contributed by atoms with Crippen molar-refractivity contribution in [3.05, 3.63) is 64.2 Å². The molecular formula is C21H24O2. The van der Waals surface area contributed by atoms with Gasteiger partial charge in [-0.05, 0) is 31.2 Å². The van der Waals surface area contributed by atoms with Crippen LogP contribution in [0.3, 0.4) is 0 Å². The molecule has 1 heterocycles. The van der Waals surface area contributed by atoms with Gasteiger partial charge in [0, 0.05) is 11.1 Å². The largest absolute Gasteiger partial charge is 0.425 e. The van der Waals surface area contributed by atoms with Crippen LogP contribution in [-0.2, 0) is 10.2 Å². The topological polar surface area (TPSA) is 26.3 Å². The monoisotopic (exact) mass is 308 g/mol. The number of benzene rings is 2. The van der Waals surface area contributed by atoms with Gasteiger partial charge in [-0.3, -0.25) is 4.79 Å². The Hall–Kier alpha value is -2.09. The minimum absolute atomic E-state index is 0.0153. The van der Waals surface area contributed by atoms with Crippen molar-refractivity contribution in [2.45, 2.75) is 52.4 Å². The van der Waals surface area contributed by atoms with Gasteiger partial charge in [0.05, 0.1) is 0 Å². The lowest BCUT2D eigenvalue weighted by Crippen LogP contribution is -2.17. The molecule has 0 aromatic heterocycles. The Morgan fingerprint density at radius 1 is 1.04 bits per heavy atom. The number of aryl methyl sites for hydroxylation is 2. The first kappa shape index (κ1) is 15.8. The van der Waals surface area contributed by atoms with E-state index in [2.05, 4.69) is 46.8 Å². The lowest BCUT2D eigenvalue weighted by molar-refractivity contribution is -0.133. The summed E-state index contributed by atoms with van der Waals surface area (Å²) in [4.78, 5) is 12.6. The maximum Gasteiger partial charge on any atom is 0.323 e. The summed E-state index contributed by atoms with van der Waals surface area (Å²) in [6.45, 7) is 10.7. The first-order valence-electron chi connectivity index (χ1n) is 8.27. The summed E-state index contributed by atoms with van der Waals surface area (Å²) in [7, 11) is 0. The van der Waals surface area contributed by atoms with Crippen molar-refractivity contribution >= 4 is 5.97 Å². The maximum atomic E-state index is 12.6. The summed E-state index contributed by atoms with van der Waals surface area (Å²) in [6.07, 6.45) is 0.996. The highest BCUT2D eigenvalue weighted by molar-refractivity contribution is 5.90. The molecule has 1 aliphatic rings. The van der Waals surface area contributed by atoms with Crippen LogP contribution in [0.15, 0.2) is 36.4 Å². The van der Waals surface area contributed by atoms with Crippen LogP contribution in [0.4, 0.5) is 0 Å². The summed E-state index contributed by atoms with van der Waals surface area (Å²) < 4.78 is 5.74. The average molecular weight is 308 g/mol. The Kier molecular flexibility index (Phi) is 3.79. The van der Waals surface area contributed by atoms with Gasteiger partial charge in [0.2, 0.25) is 0 Å². The van der Waals surface area contributed by atoms with E-state index in [0.717, 1.165) is 28.9 Å². The number of fused-ring (bicyclic) bond motifs is 1. The van der Waals surface area contributed by atoms with Crippen molar-refractivity contribution in [1.82, 2.24) is 0 Å². The van der Waals surface area contributed by atoms with Crippen molar-refractivity contribution in [2.75, 3.05) is 0 Å². The molecule has 2 nitrogen and oxygen atoms in total. The number of rotatable bonds is 3. The second-order valence-corrected chi connectivity index (χ2v) is 7.23. The third-order valence-corrected chi connectivity index (χ3v) is 5.04. The Morgan fingerprint density at radius 3 is 2.30 bits per heavy atom. The Bertz CT molecular complexity index is 754. The molecule has 0 radical (unpaired) electrons. The molecule has 1 atom stereocenters. The smallest absolute Gasteiger partial charge is 0.323 e. The summed E-state index contributed by atoms with van der Waals surface area (Å²) in [5.41, 5.74) is 5.50. The lowest BCUT2D eigenvalue weighted by atomic mass is 9.79. The van der Waals surface area contributed by atoms with Gasteiger partial charge in [0.15, 0.2) is 0 Å². The zero-order valence-corrected chi connectivity index (χ0v) is 14.6. The minimum atomic E-state index is -0.308. The molecule has 0 amide bonds. The number of hydrogen-bond donors (Lipinski definition) is 0. The minimum Gasteiger partial charge on any atom is -0.425 e. The summed E-state index contributed by atoms with van der Waals surface area (Å²) in [6, 6.07) is 12.4. The van der Waals surface area contributed by atoms with Crippen molar-refractivity contribution in [3.8, 4) is 5.75 Å². The van der Waals surface area contributed by atoms with Crippen LogP contribution < -0.4 is 4.74 Å². The molecule has 0 spiro atoms. The summed E-state index contributed by atoms with van der Waals surface area (Å²) >= 11 is 0. The van der Waals surface area contributed by atoms with Crippen molar-refractivity contribution in [3.63, 3.8) is 0 Å². The van der Waals surface area contributed by atoms with Gasteiger partial charge in [-0.2, -0.15) is 0 Å². The van der Waals surface area contributed by atoms with E-state index in [4.69, 9.17) is 4.74 Å². The van der Waals surface area contributed by atoms with E-state index in [1.54, 1.807) is 0 Å². The Labute approximate surface area is 138 Å². The van der Waals surface area contributed by atoms with Crippen LogP contribution in [-0.4, -0.2) is 5.97 Å². The molecule has 0 fully saturated rings. The van der Waals surface area contributed by atoms with Crippen molar-refractivity contribution in [1.29, 1.82) is 0 Å². The highest BCUT2D eigenvalue weighted by Crippen LogP contribution is 2.46. The number of carbonyl (C=O) groups is 1. The first-order chi connectivity index (χ1) is 10.8. The SMILES string of the molecule is CCC(C)(C)c1cc(C)cc2c1OC(=O)C2c1ccc(C)cc1. The molecule has 1 aliphatic heterocycles. The molecule has 1 unspecified atom stereocenters. The number of esters is 1. The van der Waals surface area contributed by atoms with Crippen LogP contribution in [0.25, 0.3) is 0 Å². The average Bonchev–Trinajstić information content (AvgIpc) is 2.83. The predicted octanol–water partition coefficient (Wildman–Crippen LogP) is 5.04. The first-order valence-corrected chi connectivity index (χ1v) is 8.27. The van der Waals surface area contributed by atoms with Gasteiger partial charge in [-0.25, -0.2) is 0 Å². The summed E-state index contributed by atoms with van der Waals surface area (Å²) in [5, 5.41) is 0. The Morgan fingerprint density at radius 2 is 1.70 bits per heavy atom. The van der Waals surface area contributed by atoms with Crippen LogP contribution >= 0.6 is 0 Å². The van der Waals surface area contributed by atoms with Gasteiger partial charge < -0.3 is 4.74 Å². The zero-order chi connectivity index (χ0) is 16.8. The maximum absolute atomic E-state index is 12.6. The molecule has 23 heavy (non-hydrogen) atoms. The third-order valence-electron chi connectivity index (χ3n) is 5.04. The van der Waals surface area contributed by atoms with Gasteiger partial charge >= 0.3 is 5.97 Å². The second-order valence-electron chi connectivity index (χ2n) is 7.23. The third kappa shape index (κ3) is 2.67. The van der Waals surface area contributed by atoms with Gasteiger partial charge in [-0.1, -0.05) is 68.3 Å². The molecule has 0 saturated carbocycles. The van der Waals surface area contributed by atoms with Gasteiger partial charge in [-0.15, -0.1) is 0 Å². The van der Waals surface area contributed by atoms with E-state index in [1.165, 1.54) is 11.1 Å². The van der Waals surface area contributed by atoms with Crippen LogP contribution in [0.5, 0.6) is 5.75 Å². The Balaban J connectivity index is 2.17. The number of hydrogen-bond acceptors (Lipinski definition) is 2. The number of carbonyl (C=O) groups excluding carboxylic acids is 1. The van der Waals surface area contributed by atoms with Crippen molar-refractivity contribution in [2.24, 2.45) is 0 Å². The molecule has 2 heteroatoms. The summed E-state index contributed by atoms with van der Waals surface area (Å²) in [5.74, 6) is 0.303. The molecule has 0 aliphatic carbocycles. The van der Waals surface area contributed by atoms with E-state index in [1.807, 2.05) is 24.3 Å². The molecule has 3 rings (SSSR count). The van der Waals surface area contributed by atoms with E-state index >= 15 is 0 Å².